The Balaban J connectivity index is 1.95. The van der Waals surface area contributed by atoms with Gasteiger partial charge in [-0.2, -0.15) is 4.98 Å². The predicted octanol–water partition coefficient (Wildman–Crippen LogP) is -0.434. The average Bonchev–Trinajstić information content (AvgIpc) is 2.77. The van der Waals surface area contributed by atoms with Crippen molar-refractivity contribution >= 4 is 0 Å². The van der Waals surface area contributed by atoms with E-state index in [0.717, 1.165) is 13.0 Å². The molecule has 0 saturated carbocycles. The minimum absolute atomic E-state index is 0.239. The lowest BCUT2D eigenvalue weighted by molar-refractivity contribution is 0.166. The van der Waals surface area contributed by atoms with Crippen LogP contribution in [0.25, 0.3) is 0 Å². The molecule has 1 aliphatic rings. The van der Waals surface area contributed by atoms with Crippen molar-refractivity contribution in [3.8, 4) is 0 Å². The van der Waals surface area contributed by atoms with Gasteiger partial charge in [-0.05, 0) is 20.5 Å². The van der Waals surface area contributed by atoms with E-state index in [1.165, 1.54) is 6.39 Å². The first-order valence-electron chi connectivity index (χ1n) is 5.47. The van der Waals surface area contributed by atoms with E-state index < -0.39 is 0 Å². The lowest BCUT2D eigenvalue weighted by Gasteiger charge is -2.25. The molecule has 2 heterocycles. The summed E-state index contributed by atoms with van der Waals surface area (Å²) in [6.07, 6.45) is 1.91. The van der Waals surface area contributed by atoms with Crippen molar-refractivity contribution in [3.63, 3.8) is 0 Å². The maximum atomic E-state index is 9.69. The van der Waals surface area contributed by atoms with Crippen LogP contribution in [0.2, 0.25) is 0 Å². The van der Waals surface area contributed by atoms with Gasteiger partial charge in [-0.15, -0.1) is 0 Å². The van der Waals surface area contributed by atoms with Crippen LogP contribution in [-0.4, -0.2) is 64.4 Å². The molecule has 1 aromatic heterocycles. The van der Waals surface area contributed by atoms with Crippen LogP contribution < -0.4 is 0 Å². The second-order valence-corrected chi connectivity index (χ2v) is 4.58. The van der Waals surface area contributed by atoms with Gasteiger partial charge in [-0.25, -0.2) is 0 Å². The van der Waals surface area contributed by atoms with Crippen molar-refractivity contribution in [1.29, 1.82) is 0 Å². The first-order chi connectivity index (χ1) is 7.65. The van der Waals surface area contributed by atoms with Gasteiger partial charge in [-0.3, -0.25) is 4.90 Å². The summed E-state index contributed by atoms with van der Waals surface area (Å²) < 4.78 is 4.71. The fourth-order valence-electron chi connectivity index (χ4n) is 2.21. The topological polar surface area (TPSA) is 65.6 Å². The lowest BCUT2D eigenvalue weighted by Crippen LogP contribution is -2.37. The van der Waals surface area contributed by atoms with Crippen LogP contribution >= 0.6 is 0 Å². The number of β-amino-alcohol motifs (C(OH)–C–C–N with tert-alkyl or cyclic N) is 1. The zero-order chi connectivity index (χ0) is 11.5. The molecule has 2 unspecified atom stereocenters. The standard InChI is InChI=1S/C10H18N4O2/c1-13(2)4-8-3-9(15)5-14(8)6-10-11-7-16-12-10/h7-9,15H,3-6H2,1-2H3. The highest BCUT2D eigenvalue weighted by Gasteiger charge is 2.31. The third kappa shape index (κ3) is 2.78. The smallest absolute Gasteiger partial charge is 0.213 e. The van der Waals surface area contributed by atoms with Gasteiger partial charge in [0.05, 0.1) is 12.6 Å². The SMILES string of the molecule is CN(C)CC1CC(O)CN1Cc1ncon1. The first-order valence-corrected chi connectivity index (χ1v) is 5.47. The van der Waals surface area contributed by atoms with Gasteiger partial charge in [0.25, 0.3) is 0 Å². The van der Waals surface area contributed by atoms with Crippen molar-refractivity contribution in [2.24, 2.45) is 0 Å². The zero-order valence-electron chi connectivity index (χ0n) is 9.70. The molecule has 0 amide bonds. The van der Waals surface area contributed by atoms with Crippen LogP contribution in [0.3, 0.4) is 0 Å². The summed E-state index contributed by atoms with van der Waals surface area (Å²) in [6, 6.07) is 0.364. The summed E-state index contributed by atoms with van der Waals surface area (Å²) in [7, 11) is 4.08. The van der Waals surface area contributed by atoms with Crippen molar-refractivity contribution in [2.75, 3.05) is 27.2 Å². The van der Waals surface area contributed by atoms with Gasteiger partial charge in [0.1, 0.15) is 0 Å². The summed E-state index contributed by atoms with van der Waals surface area (Å²) in [6.45, 7) is 2.27. The van der Waals surface area contributed by atoms with Gasteiger partial charge >= 0.3 is 0 Å². The number of hydrogen-bond donors (Lipinski definition) is 1. The minimum Gasteiger partial charge on any atom is -0.392 e. The monoisotopic (exact) mass is 226 g/mol. The number of hydrogen-bond acceptors (Lipinski definition) is 6. The fourth-order valence-corrected chi connectivity index (χ4v) is 2.21. The Morgan fingerprint density at radius 1 is 1.62 bits per heavy atom. The predicted molar refractivity (Wildman–Crippen MR) is 57.7 cm³/mol. The normalized spacial score (nSPS) is 26.8. The maximum absolute atomic E-state index is 9.69. The summed E-state index contributed by atoms with van der Waals surface area (Å²) in [5, 5.41) is 13.5. The van der Waals surface area contributed by atoms with Crippen LogP contribution in [0.1, 0.15) is 12.2 Å². The molecule has 1 aromatic rings. The third-order valence-electron chi connectivity index (χ3n) is 2.83. The van der Waals surface area contributed by atoms with Crippen LogP contribution in [0.4, 0.5) is 0 Å². The molecule has 0 radical (unpaired) electrons. The molecule has 1 saturated heterocycles. The molecular formula is C10H18N4O2. The highest BCUT2D eigenvalue weighted by atomic mass is 16.5. The molecule has 0 aromatic carbocycles. The van der Waals surface area contributed by atoms with Crippen molar-refractivity contribution in [1.82, 2.24) is 19.9 Å². The number of aromatic nitrogens is 2. The maximum Gasteiger partial charge on any atom is 0.213 e. The van der Waals surface area contributed by atoms with Crippen molar-refractivity contribution in [3.05, 3.63) is 12.2 Å². The Labute approximate surface area is 94.8 Å². The molecule has 2 rings (SSSR count). The number of likely N-dealkylation sites (N-methyl/N-ethyl adjacent to an activating group) is 1. The molecule has 0 aliphatic carbocycles. The highest BCUT2D eigenvalue weighted by molar-refractivity contribution is 4.90. The molecular weight excluding hydrogens is 208 g/mol. The second kappa shape index (κ2) is 4.90. The zero-order valence-corrected chi connectivity index (χ0v) is 9.70. The third-order valence-corrected chi connectivity index (χ3v) is 2.83. The van der Waals surface area contributed by atoms with Gasteiger partial charge in [0, 0.05) is 19.1 Å². The number of nitrogens with zero attached hydrogens (tertiary/aromatic N) is 4. The number of likely N-dealkylation sites (tertiary alicyclic amines) is 1. The fraction of sp³-hybridized carbons (Fsp3) is 0.800. The summed E-state index contributed by atoms with van der Waals surface area (Å²) >= 11 is 0. The average molecular weight is 226 g/mol. The van der Waals surface area contributed by atoms with Crippen LogP contribution in [-0.2, 0) is 6.54 Å². The van der Waals surface area contributed by atoms with E-state index in [9.17, 15) is 5.11 Å². The molecule has 1 N–H and O–H groups in total. The molecule has 6 heteroatoms. The number of aliphatic hydroxyl groups is 1. The van der Waals surface area contributed by atoms with E-state index in [4.69, 9.17) is 4.52 Å². The molecule has 6 nitrogen and oxygen atoms in total. The van der Waals surface area contributed by atoms with E-state index in [0.29, 0.717) is 25.0 Å². The second-order valence-electron chi connectivity index (χ2n) is 4.58. The molecule has 0 bridgehead atoms. The van der Waals surface area contributed by atoms with Gasteiger partial charge in [0.15, 0.2) is 5.82 Å². The highest BCUT2D eigenvalue weighted by Crippen LogP contribution is 2.19. The molecule has 1 aliphatic heterocycles. The first kappa shape index (κ1) is 11.5. The van der Waals surface area contributed by atoms with Crippen molar-refractivity contribution < 1.29 is 9.63 Å². The lowest BCUT2D eigenvalue weighted by atomic mass is 10.2. The quantitative estimate of drug-likeness (QED) is 0.751. The van der Waals surface area contributed by atoms with Gasteiger partial charge in [0.2, 0.25) is 6.39 Å². The van der Waals surface area contributed by atoms with E-state index in [2.05, 4.69) is 19.9 Å². The number of aliphatic hydroxyl groups excluding tert-OH is 1. The Morgan fingerprint density at radius 3 is 3.06 bits per heavy atom. The van der Waals surface area contributed by atoms with Gasteiger partial charge < -0.3 is 14.5 Å². The van der Waals surface area contributed by atoms with E-state index in [-0.39, 0.29) is 6.10 Å². The van der Waals surface area contributed by atoms with Crippen LogP contribution in [0.15, 0.2) is 10.9 Å². The minimum atomic E-state index is -0.239. The molecule has 1 fully saturated rings. The largest absolute Gasteiger partial charge is 0.392 e. The van der Waals surface area contributed by atoms with Crippen LogP contribution in [0.5, 0.6) is 0 Å². The van der Waals surface area contributed by atoms with Gasteiger partial charge in [-0.1, -0.05) is 5.16 Å². The molecule has 90 valence electrons. The van der Waals surface area contributed by atoms with Crippen molar-refractivity contribution in [2.45, 2.75) is 25.1 Å². The Hall–Kier alpha value is -0.980. The summed E-state index contributed by atoms with van der Waals surface area (Å²) in [5.74, 6) is 0.679. The van der Waals surface area contributed by atoms with E-state index >= 15 is 0 Å². The van der Waals surface area contributed by atoms with E-state index in [1.807, 2.05) is 14.1 Å². The summed E-state index contributed by atoms with van der Waals surface area (Å²) in [4.78, 5) is 8.34. The molecule has 2 atom stereocenters. The molecule has 16 heavy (non-hydrogen) atoms. The summed E-state index contributed by atoms with van der Waals surface area (Å²) in [5.41, 5.74) is 0. The Kier molecular flexibility index (Phi) is 3.52. The van der Waals surface area contributed by atoms with Crippen LogP contribution in [0, 0.1) is 0 Å². The molecule has 0 spiro atoms. The number of rotatable bonds is 4. The Morgan fingerprint density at radius 2 is 2.44 bits per heavy atom. The Bertz CT molecular complexity index is 315. The van der Waals surface area contributed by atoms with E-state index in [1.54, 1.807) is 0 Å².